The van der Waals surface area contributed by atoms with Gasteiger partial charge in [-0.05, 0) is 20.4 Å². The van der Waals surface area contributed by atoms with Crippen molar-refractivity contribution >= 4 is 11.7 Å². The summed E-state index contributed by atoms with van der Waals surface area (Å²) in [4.78, 5) is 24.7. The molecular formula is C12H24N2O2. The molecule has 0 aromatic carbocycles. The van der Waals surface area contributed by atoms with Crippen LogP contribution in [-0.2, 0) is 9.59 Å². The predicted octanol–water partition coefficient (Wildman–Crippen LogP) is 1.06. The highest BCUT2D eigenvalue weighted by Gasteiger charge is 2.26. The summed E-state index contributed by atoms with van der Waals surface area (Å²) < 4.78 is 0. The summed E-state index contributed by atoms with van der Waals surface area (Å²) in [5, 5.41) is 3.27. The van der Waals surface area contributed by atoms with Gasteiger partial charge in [0.2, 0.25) is 5.78 Å². The lowest BCUT2D eigenvalue weighted by Crippen LogP contribution is -2.51. The largest absolute Gasteiger partial charge is 0.337 e. The normalized spacial score (nSPS) is 11.7. The minimum atomic E-state index is -0.402. The van der Waals surface area contributed by atoms with Crippen LogP contribution in [0.15, 0.2) is 0 Å². The maximum atomic E-state index is 11.7. The molecule has 4 heteroatoms. The van der Waals surface area contributed by atoms with E-state index < -0.39 is 5.91 Å². The zero-order chi connectivity index (χ0) is 12.9. The second-order valence-electron chi connectivity index (χ2n) is 5.09. The van der Waals surface area contributed by atoms with E-state index in [1.54, 1.807) is 20.9 Å². The summed E-state index contributed by atoms with van der Waals surface area (Å²) in [5.74, 6) is -0.965. The van der Waals surface area contributed by atoms with Crippen molar-refractivity contribution in [3.63, 3.8) is 0 Å². The van der Waals surface area contributed by atoms with E-state index in [1.165, 1.54) is 4.90 Å². The molecule has 1 amide bonds. The van der Waals surface area contributed by atoms with Gasteiger partial charge in [0.05, 0.1) is 0 Å². The Morgan fingerprint density at radius 1 is 1.31 bits per heavy atom. The molecule has 0 saturated carbocycles. The van der Waals surface area contributed by atoms with Crippen molar-refractivity contribution in [2.75, 3.05) is 20.1 Å². The van der Waals surface area contributed by atoms with Gasteiger partial charge in [-0.2, -0.15) is 0 Å². The number of amides is 1. The molecule has 0 aliphatic rings. The molecule has 0 rings (SSSR count). The second kappa shape index (κ2) is 5.99. The number of Topliss-reactive ketones (excluding diaryl/α,β-unsaturated/α-hetero) is 1. The molecule has 94 valence electrons. The summed E-state index contributed by atoms with van der Waals surface area (Å²) in [6.07, 6.45) is 0. The molecule has 0 radical (unpaired) electrons. The minimum absolute atomic E-state index is 0.170. The highest BCUT2D eigenvalue weighted by molar-refractivity contribution is 6.36. The fourth-order valence-electron chi connectivity index (χ4n) is 1.63. The Balaban J connectivity index is 4.41. The number of hydrogen-bond donors (Lipinski definition) is 1. The van der Waals surface area contributed by atoms with Gasteiger partial charge in [-0.15, -0.1) is 0 Å². The van der Waals surface area contributed by atoms with Gasteiger partial charge in [-0.3, -0.25) is 9.59 Å². The zero-order valence-corrected chi connectivity index (χ0v) is 11.3. The Morgan fingerprint density at radius 2 is 1.81 bits per heavy atom. The standard InChI is InChI=1S/C12H24N2O2/c1-7-13-12(4,5)8-14(6)11(16)10(15)9(2)3/h9,13H,7-8H2,1-6H3. The molecule has 0 atom stereocenters. The van der Waals surface area contributed by atoms with E-state index in [0.717, 1.165) is 6.54 Å². The fourth-order valence-corrected chi connectivity index (χ4v) is 1.63. The molecule has 0 saturated heterocycles. The van der Waals surface area contributed by atoms with E-state index in [2.05, 4.69) is 5.32 Å². The number of rotatable bonds is 6. The first-order valence-electron chi connectivity index (χ1n) is 5.75. The van der Waals surface area contributed by atoms with Crippen molar-refractivity contribution in [1.29, 1.82) is 0 Å². The van der Waals surface area contributed by atoms with Crippen LogP contribution < -0.4 is 5.32 Å². The Kier molecular flexibility index (Phi) is 5.65. The van der Waals surface area contributed by atoms with Crippen LogP contribution in [0.1, 0.15) is 34.6 Å². The van der Waals surface area contributed by atoms with Gasteiger partial charge in [0.25, 0.3) is 5.91 Å². The zero-order valence-electron chi connectivity index (χ0n) is 11.3. The molecule has 0 aliphatic carbocycles. The third kappa shape index (κ3) is 4.75. The molecule has 1 N–H and O–H groups in total. The first-order chi connectivity index (χ1) is 7.21. The van der Waals surface area contributed by atoms with E-state index in [-0.39, 0.29) is 17.2 Å². The quantitative estimate of drug-likeness (QED) is 0.692. The van der Waals surface area contributed by atoms with E-state index >= 15 is 0 Å². The highest BCUT2D eigenvalue weighted by Crippen LogP contribution is 2.06. The Hall–Kier alpha value is -0.900. The third-order valence-corrected chi connectivity index (χ3v) is 2.37. The van der Waals surface area contributed by atoms with Gasteiger partial charge in [0.15, 0.2) is 0 Å². The Labute approximate surface area is 98.4 Å². The second-order valence-corrected chi connectivity index (χ2v) is 5.09. The van der Waals surface area contributed by atoms with Crippen molar-refractivity contribution < 1.29 is 9.59 Å². The van der Waals surface area contributed by atoms with Crippen LogP contribution in [0.2, 0.25) is 0 Å². The van der Waals surface area contributed by atoms with Crippen LogP contribution in [0.5, 0.6) is 0 Å². The summed E-state index contributed by atoms with van der Waals surface area (Å²) in [6.45, 7) is 10.9. The monoisotopic (exact) mass is 228 g/mol. The topological polar surface area (TPSA) is 49.4 Å². The molecule has 0 aromatic rings. The number of hydrogen-bond acceptors (Lipinski definition) is 3. The third-order valence-electron chi connectivity index (χ3n) is 2.37. The maximum absolute atomic E-state index is 11.7. The van der Waals surface area contributed by atoms with Gasteiger partial charge >= 0.3 is 0 Å². The molecule has 0 aromatic heterocycles. The minimum Gasteiger partial charge on any atom is -0.337 e. The van der Waals surface area contributed by atoms with Crippen LogP contribution in [0, 0.1) is 5.92 Å². The lowest BCUT2D eigenvalue weighted by molar-refractivity contribution is -0.145. The fraction of sp³-hybridized carbons (Fsp3) is 0.833. The number of carbonyl (C=O) groups is 2. The summed E-state index contributed by atoms with van der Waals surface area (Å²) in [6, 6.07) is 0. The number of carbonyl (C=O) groups excluding carboxylic acids is 2. The molecule has 0 heterocycles. The van der Waals surface area contributed by atoms with Crippen molar-refractivity contribution in [3.05, 3.63) is 0 Å². The van der Waals surface area contributed by atoms with Gasteiger partial charge in [-0.1, -0.05) is 20.8 Å². The van der Waals surface area contributed by atoms with Gasteiger partial charge in [0.1, 0.15) is 0 Å². The maximum Gasteiger partial charge on any atom is 0.290 e. The first-order valence-corrected chi connectivity index (χ1v) is 5.75. The van der Waals surface area contributed by atoms with Crippen LogP contribution >= 0.6 is 0 Å². The molecule has 16 heavy (non-hydrogen) atoms. The van der Waals surface area contributed by atoms with Crippen molar-refractivity contribution in [1.82, 2.24) is 10.2 Å². The van der Waals surface area contributed by atoms with E-state index in [9.17, 15) is 9.59 Å². The molecular weight excluding hydrogens is 204 g/mol. The molecule has 0 fully saturated rings. The van der Waals surface area contributed by atoms with Gasteiger partial charge in [0, 0.05) is 25.0 Å². The van der Waals surface area contributed by atoms with Crippen LogP contribution in [-0.4, -0.2) is 42.3 Å². The van der Waals surface area contributed by atoms with Crippen molar-refractivity contribution in [2.45, 2.75) is 40.2 Å². The Morgan fingerprint density at radius 3 is 2.19 bits per heavy atom. The SMILES string of the molecule is CCNC(C)(C)CN(C)C(=O)C(=O)C(C)C. The lowest BCUT2D eigenvalue weighted by atomic mass is 10.0. The van der Waals surface area contributed by atoms with Crippen LogP contribution in [0.4, 0.5) is 0 Å². The lowest BCUT2D eigenvalue weighted by Gasteiger charge is -2.31. The Bertz CT molecular complexity index is 260. The number of likely N-dealkylation sites (N-methyl/N-ethyl adjacent to an activating group) is 2. The highest BCUT2D eigenvalue weighted by atomic mass is 16.2. The van der Waals surface area contributed by atoms with Crippen LogP contribution in [0.3, 0.4) is 0 Å². The van der Waals surface area contributed by atoms with Crippen molar-refractivity contribution in [2.24, 2.45) is 5.92 Å². The molecule has 0 aliphatic heterocycles. The van der Waals surface area contributed by atoms with E-state index in [0.29, 0.717) is 6.54 Å². The predicted molar refractivity (Wildman–Crippen MR) is 65.2 cm³/mol. The average molecular weight is 228 g/mol. The van der Waals surface area contributed by atoms with Gasteiger partial charge < -0.3 is 10.2 Å². The molecule has 4 nitrogen and oxygen atoms in total. The number of nitrogens with zero attached hydrogens (tertiary/aromatic N) is 1. The number of ketones is 1. The summed E-state index contributed by atoms with van der Waals surface area (Å²) in [7, 11) is 1.67. The van der Waals surface area contributed by atoms with E-state index in [1.807, 2.05) is 20.8 Å². The average Bonchev–Trinajstić information content (AvgIpc) is 2.14. The van der Waals surface area contributed by atoms with Crippen molar-refractivity contribution in [3.8, 4) is 0 Å². The van der Waals surface area contributed by atoms with Gasteiger partial charge in [-0.25, -0.2) is 0 Å². The summed E-state index contributed by atoms with van der Waals surface area (Å²) >= 11 is 0. The smallest absolute Gasteiger partial charge is 0.290 e. The van der Waals surface area contributed by atoms with Crippen LogP contribution in [0.25, 0.3) is 0 Å². The molecule has 0 spiro atoms. The van der Waals surface area contributed by atoms with E-state index in [4.69, 9.17) is 0 Å². The summed E-state index contributed by atoms with van der Waals surface area (Å²) in [5.41, 5.74) is -0.170. The first kappa shape index (κ1) is 15.1. The molecule has 0 bridgehead atoms. The molecule has 0 unspecified atom stereocenters. The number of nitrogens with one attached hydrogen (secondary N) is 1.